The van der Waals surface area contributed by atoms with Crippen molar-refractivity contribution in [2.45, 2.75) is 13.8 Å². The van der Waals surface area contributed by atoms with E-state index < -0.39 is 5.41 Å². The molecule has 4 heteroatoms. The van der Waals surface area contributed by atoms with E-state index in [0.29, 0.717) is 0 Å². The molecule has 0 atom stereocenters. The van der Waals surface area contributed by atoms with Crippen LogP contribution in [0.1, 0.15) is 19.4 Å². The van der Waals surface area contributed by atoms with Crippen LogP contribution in [0.2, 0.25) is 0 Å². The van der Waals surface area contributed by atoms with Crippen LogP contribution in [-0.2, 0) is 4.79 Å². The normalized spacial score (nSPS) is 18.6. The van der Waals surface area contributed by atoms with Gasteiger partial charge in [-0.1, -0.05) is 30.3 Å². The van der Waals surface area contributed by atoms with Crippen molar-refractivity contribution in [2.75, 3.05) is 7.11 Å². The zero-order valence-corrected chi connectivity index (χ0v) is 12.4. The second-order valence-corrected chi connectivity index (χ2v) is 5.66. The lowest BCUT2D eigenvalue weighted by molar-refractivity contribution is -0.125. The van der Waals surface area contributed by atoms with E-state index in [1.807, 2.05) is 44.2 Å². The molecule has 2 aromatic rings. The second kappa shape index (κ2) is 4.81. The molecule has 1 heterocycles. The molecule has 0 saturated carbocycles. The van der Waals surface area contributed by atoms with Crippen molar-refractivity contribution >= 4 is 22.8 Å². The largest absolute Gasteiger partial charge is 0.496 e. The monoisotopic (exact) mass is 282 g/mol. The van der Waals surface area contributed by atoms with Gasteiger partial charge in [0, 0.05) is 11.3 Å². The summed E-state index contributed by atoms with van der Waals surface area (Å²) in [6, 6.07) is 12.1. The van der Waals surface area contributed by atoms with E-state index in [-0.39, 0.29) is 5.91 Å². The van der Waals surface area contributed by atoms with Gasteiger partial charge in [0.2, 0.25) is 5.91 Å². The maximum atomic E-state index is 11.9. The van der Waals surface area contributed by atoms with Crippen molar-refractivity contribution < 1.29 is 9.53 Å². The van der Waals surface area contributed by atoms with Crippen LogP contribution in [0.4, 0.5) is 0 Å². The van der Waals surface area contributed by atoms with Crippen molar-refractivity contribution in [2.24, 2.45) is 5.41 Å². The Hall–Kier alpha value is -2.49. The summed E-state index contributed by atoms with van der Waals surface area (Å²) in [6.07, 6.45) is 1.99. The first-order valence-electron chi connectivity index (χ1n) is 6.88. The molecule has 21 heavy (non-hydrogen) atoms. The minimum Gasteiger partial charge on any atom is -0.496 e. The molecule has 108 valence electrons. The van der Waals surface area contributed by atoms with Gasteiger partial charge in [0.15, 0.2) is 0 Å². The van der Waals surface area contributed by atoms with E-state index in [1.54, 1.807) is 7.11 Å². The fraction of sp³-hybridized carbons (Fsp3) is 0.235. The quantitative estimate of drug-likeness (QED) is 0.890. The van der Waals surface area contributed by atoms with Gasteiger partial charge in [-0.25, -0.2) is 0 Å². The van der Waals surface area contributed by atoms with Crippen LogP contribution in [-0.4, -0.2) is 13.0 Å². The van der Waals surface area contributed by atoms with Gasteiger partial charge in [-0.05, 0) is 36.8 Å². The number of rotatable bonds is 2. The first-order chi connectivity index (χ1) is 10.0. The molecular formula is C17H18N2O2. The number of carbonyl (C=O) groups is 1. The lowest BCUT2D eigenvalue weighted by Crippen LogP contribution is -2.28. The summed E-state index contributed by atoms with van der Waals surface area (Å²) >= 11 is 0. The van der Waals surface area contributed by atoms with Gasteiger partial charge in [-0.2, -0.15) is 0 Å². The Bertz CT molecular complexity index is 748. The number of benzene rings is 2. The molecule has 1 aliphatic heterocycles. The molecule has 0 bridgehead atoms. The third kappa shape index (κ3) is 2.13. The Morgan fingerprint density at radius 2 is 1.86 bits per heavy atom. The van der Waals surface area contributed by atoms with E-state index in [9.17, 15) is 4.79 Å². The summed E-state index contributed by atoms with van der Waals surface area (Å²) in [5.41, 5.74) is 6.86. The molecule has 1 aliphatic rings. The molecule has 2 N–H and O–H groups in total. The fourth-order valence-electron chi connectivity index (χ4n) is 2.52. The van der Waals surface area contributed by atoms with Crippen molar-refractivity contribution in [3.8, 4) is 5.75 Å². The van der Waals surface area contributed by atoms with Crippen LogP contribution in [0.3, 0.4) is 0 Å². The van der Waals surface area contributed by atoms with Crippen molar-refractivity contribution in [3.05, 3.63) is 47.7 Å². The van der Waals surface area contributed by atoms with Gasteiger partial charge >= 0.3 is 0 Å². The summed E-state index contributed by atoms with van der Waals surface area (Å²) in [6.45, 7) is 3.79. The van der Waals surface area contributed by atoms with E-state index in [1.165, 1.54) is 0 Å². The highest BCUT2D eigenvalue weighted by Gasteiger charge is 2.38. The molecule has 1 saturated heterocycles. The Labute approximate surface area is 123 Å². The molecule has 0 spiro atoms. The number of carbonyl (C=O) groups excluding carboxylic acids is 1. The summed E-state index contributed by atoms with van der Waals surface area (Å²) in [5, 5.41) is 2.24. The summed E-state index contributed by atoms with van der Waals surface area (Å²) in [7, 11) is 1.66. The van der Waals surface area contributed by atoms with Crippen LogP contribution in [0.15, 0.2) is 42.1 Å². The third-order valence-corrected chi connectivity index (χ3v) is 3.99. The number of hydrogen-bond donors (Lipinski definition) is 2. The molecule has 2 aromatic carbocycles. The van der Waals surface area contributed by atoms with Crippen molar-refractivity contribution in [3.63, 3.8) is 0 Å². The maximum Gasteiger partial charge on any atom is 0.249 e. The Morgan fingerprint density at radius 1 is 1.10 bits per heavy atom. The maximum absolute atomic E-state index is 11.9. The number of hydrazine groups is 1. The van der Waals surface area contributed by atoms with Crippen LogP contribution < -0.4 is 15.6 Å². The van der Waals surface area contributed by atoms with Gasteiger partial charge in [-0.15, -0.1) is 0 Å². The SMILES string of the molecule is COc1ccc2ccccc2c1/C=C1\NNC(=O)C1(C)C. The number of ether oxygens (including phenoxy) is 1. The zero-order valence-electron chi connectivity index (χ0n) is 12.4. The van der Waals surface area contributed by atoms with Crippen molar-refractivity contribution in [1.82, 2.24) is 10.9 Å². The Kier molecular flexibility index (Phi) is 3.09. The first-order valence-corrected chi connectivity index (χ1v) is 6.88. The number of fused-ring (bicyclic) bond motifs is 1. The topological polar surface area (TPSA) is 50.4 Å². The number of nitrogens with one attached hydrogen (secondary N) is 2. The molecule has 0 radical (unpaired) electrons. The third-order valence-electron chi connectivity index (χ3n) is 3.99. The molecule has 0 unspecified atom stereocenters. The van der Waals surface area contributed by atoms with Crippen LogP contribution in [0.5, 0.6) is 5.75 Å². The van der Waals surface area contributed by atoms with E-state index in [4.69, 9.17) is 4.74 Å². The highest BCUT2D eigenvalue weighted by Crippen LogP contribution is 2.34. The average Bonchev–Trinajstić information content (AvgIpc) is 2.74. The molecule has 0 aromatic heterocycles. The predicted molar refractivity (Wildman–Crippen MR) is 83.5 cm³/mol. The van der Waals surface area contributed by atoms with Gasteiger partial charge in [-0.3, -0.25) is 10.2 Å². The lowest BCUT2D eigenvalue weighted by atomic mass is 9.88. The fourth-order valence-corrected chi connectivity index (χ4v) is 2.52. The average molecular weight is 282 g/mol. The Morgan fingerprint density at radius 3 is 2.52 bits per heavy atom. The smallest absolute Gasteiger partial charge is 0.249 e. The molecule has 3 rings (SSSR count). The van der Waals surface area contributed by atoms with E-state index in [2.05, 4.69) is 23.0 Å². The molecule has 4 nitrogen and oxygen atoms in total. The van der Waals surface area contributed by atoms with E-state index in [0.717, 1.165) is 27.8 Å². The van der Waals surface area contributed by atoms with Gasteiger partial charge in [0.05, 0.1) is 12.5 Å². The summed E-state index contributed by atoms with van der Waals surface area (Å²) < 4.78 is 5.48. The van der Waals surface area contributed by atoms with Gasteiger partial charge in [0.1, 0.15) is 5.75 Å². The van der Waals surface area contributed by atoms with Crippen LogP contribution in [0.25, 0.3) is 16.8 Å². The number of amides is 1. The highest BCUT2D eigenvalue weighted by molar-refractivity contribution is 5.95. The number of methoxy groups -OCH3 is 1. The minimum atomic E-state index is -0.581. The predicted octanol–water partition coefficient (Wildman–Crippen LogP) is 2.85. The van der Waals surface area contributed by atoms with Crippen molar-refractivity contribution in [1.29, 1.82) is 0 Å². The zero-order chi connectivity index (χ0) is 15.0. The standard InChI is InChI=1S/C17H18N2O2/c1-17(2)15(18-19-16(17)20)10-13-12-7-5-4-6-11(12)8-9-14(13)21-3/h4-10,18H,1-3H3,(H,19,20)/b15-10-. The minimum absolute atomic E-state index is 0.0343. The van der Waals surface area contributed by atoms with Gasteiger partial charge < -0.3 is 10.2 Å². The summed E-state index contributed by atoms with van der Waals surface area (Å²) in [4.78, 5) is 11.9. The molecule has 0 aliphatic carbocycles. The number of hydrogen-bond acceptors (Lipinski definition) is 3. The molecule has 1 amide bonds. The van der Waals surface area contributed by atoms with Crippen LogP contribution in [0, 0.1) is 5.41 Å². The lowest BCUT2D eigenvalue weighted by Gasteiger charge is -2.16. The Balaban J connectivity index is 2.22. The van der Waals surface area contributed by atoms with Crippen LogP contribution >= 0.6 is 0 Å². The molecule has 1 fully saturated rings. The van der Waals surface area contributed by atoms with Gasteiger partial charge in [0.25, 0.3) is 0 Å². The van der Waals surface area contributed by atoms with E-state index >= 15 is 0 Å². The second-order valence-electron chi connectivity index (χ2n) is 5.66. The molecular weight excluding hydrogens is 264 g/mol. The highest BCUT2D eigenvalue weighted by atomic mass is 16.5. The summed E-state index contributed by atoms with van der Waals surface area (Å²) in [5.74, 6) is 0.756. The first kappa shape index (κ1) is 13.5.